The van der Waals surface area contributed by atoms with Crippen LogP contribution in [0.1, 0.15) is 55.7 Å². The van der Waals surface area contributed by atoms with Crippen molar-refractivity contribution >= 4 is 17.7 Å². The van der Waals surface area contributed by atoms with E-state index in [1.165, 1.54) is 0 Å². The first-order valence-electron chi connectivity index (χ1n) is 12.7. The van der Waals surface area contributed by atoms with Gasteiger partial charge in [0.1, 0.15) is 17.1 Å². The lowest BCUT2D eigenvalue weighted by molar-refractivity contribution is 0.0286. The Morgan fingerprint density at radius 3 is 2.41 bits per heavy atom. The molecule has 2 unspecified atom stereocenters. The van der Waals surface area contributed by atoms with E-state index in [9.17, 15) is 9.59 Å². The van der Waals surface area contributed by atoms with E-state index >= 15 is 0 Å². The fourth-order valence-corrected chi connectivity index (χ4v) is 5.12. The largest absolute Gasteiger partial charge is 0.457 e. The Labute approximate surface area is 216 Å². The molecule has 3 N–H and O–H groups in total. The average Bonchev–Trinajstić information content (AvgIpc) is 3.50. The first kappa shape index (κ1) is 24.7. The number of rotatable bonds is 5. The van der Waals surface area contributed by atoms with Gasteiger partial charge in [-0.05, 0) is 75.9 Å². The van der Waals surface area contributed by atoms with Crippen LogP contribution in [0.5, 0.6) is 11.5 Å². The number of hydrogen-bond donors (Lipinski definition) is 2. The predicted molar refractivity (Wildman–Crippen MR) is 140 cm³/mol. The summed E-state index contributed by atoms with van der Waals surface area (Å²) in [5.41, 5.74) is 7.85. The Morgan fingerprint density at radius 2 is 1.73 bits per heavy atom. The lowest BCUT2D eigenvalue weighted by atomic mass is 9.83. The second-order valence-corrected chi connectivity index (χ2v) is 10.6. The van der Waals surface area contributed by atoms with Gasteiger partial charge in [0.15, 0.2) is 5.69 Å². The van der Waals surface area contributed by atoms with Gasteiger partial charge < -0.3 is 25.4 Å². The van der Waals surface area contributed by atoms with Gasteiger partial charge in [0.05, 0.1) is 17.1 Å². The van der Waals surface area contributed by atoms with Crippen molar-refractivity contribution in [3.63, 3.8) is 0 Å². The van der Waals surface area contributed by atoms with Crippen LogP contribution < -0.4 is 15.8 Å². The summed E-state index contributed by atoms with van der Waals surface area (Å²) in [6.45, 7) is 7.56. The van der Waals surface area contributed by atoms with Crippen LogP contribution in [-0.2, 0) is 4.74 Å². The van der Waals surface area contributed by atoms with Gasteiger partial charge in [0.2, 0.25) is 0 Å². The number of nitrogens with two attached hydrogens (primary N) is 1. The molecule has 0 bridgehead atoms. The van der Waals surface area contributed by atoms with Gasteiger partial charge >= 0.3 is 6.09 Å². The third-order valence-electron chi connectivity index (χ3n) is 6.76. The maximum Gasteiger partial charge on any atom is 0.410 e. The predicted octanol–water partition coefficient (Wildman–Crippen LogP) is 4.92. The molecule has 0 saturated carbocycles. The average molecular weight is 504 g/mol. The zero-order valence-corrected chi connectivity index (χ0v) is 21.4. The van der Waals surface area contributed by atoms with Crippen LogP contribution in [0.25, 0.3) is 5.69 Å². The molecule has 1 fully saturated rings. The number of primary amides is 1. The lowest BCUT2D eigenvalue weighted by Crippen LogP contribution is -2.36. The van der Waals surface area contributed by atoms with Crippen molar-refractivity contribution in [1.82, 2.24) is 14.7 Å². The molecule has 1 aromatic heterocycles. The third-order valence-corrected chi connectivity index (χ3v) is 6.76. The van der Waals surface area contributed by atoms with Crippen LogP contribution in [0.4, 0.5) is 10.5 Å². The molecule has 0 aliphatic carbocycles. The molecule has 2 amide bonds. The minimum absolute atomic E-state index is 0.101. The first-order chi connectivity index (χ1) is 17.7. The topological polar surface area (TPSA) is 112 Å². The summed E-state index contributed by atoms with van der Waals surface area (Å²) in [6, 6.07) is 16.9. The van der Waals surface area contributed by atoms with E-state index in [0.717, 1.165) is 24.3 Å². The number of likely N-dealkylation sites (tertiary alicyclic amines) is 1. The van der Waals surface area contributed by atoms with Crippen molar-refractivity contribution < 1.29 is 19.1 Å². The number of benzene rings is 2. The molecule has 0 spiro atoms. The molecular weight excluding hydrogens is 470 g/mol. The molecule has 0 radical (unpaired) electrons. The first-order valence-corrected chi connectivity index (χ1v) is 12.7. The minimum Gasteiger partial charge on any atom is -0.457 e. The Kier molecular flexibility index (Phi) is 6.54. The molecule has 1 saturated heterocycles. The smallest absolute Gasteiger partial charge is 0.410 e. The fraction of sp³-hybridized carbons (Fsp3) is 0.393. The van der Waals surface area contributed by atoms with Crippen LogP contribution in [0, 0.1) is 5.92 Å². The summed E-state index contributed by atoms with van der Waals surface area (Å²) >= 11 is 0. The molecule has 2 aliphatic heterocycles. The van der Waals surface area contributed by atoms with E-state index in [0.29, 0.717) is 42.5 Å². The maximum atomic E-state index is 12.6. The molecular formula is C28H33N5O4. The van der Waals surface area contributed by atoms with Gasteiger partial charge in [0, 0.05) is 25.6 Å². The second kappa shape index (κ2) is 9.80. The van der Waals surface area contributed by atoms with Crippen molar-refractivity contribution in [3.8, 4) is 17.2 Å². The Hall–Kier alpha value is -4.01. The van der Waals surface area contributed by atoms with E-state index < -0.39 is 11.5 Å². The summed E-state index contributed by atoms with van der Waals surface area (Å²) in [5, 5.41) is 8.24. The Morgan fingerprint density at radius 1 is 1.03 bits per heavy atom. The summed E-state index contributed by atoms with van der Waals surface area (Å²) in [6.07, 6.45) is 1.43. The second-order valence-electron chi connectivity index (χ2n) is 10.6. The quantitative estimate of drug-likeness (QED) is 0.511. The number of nitrogens with one attached hydrogen (secondary N) is 1. The van der Waals surface area contributed by atoms with Crippen LogP contribution >= 0.6 is 0 Å². The van der Waals surface area contributed by atoms with Crippen molar-refractivity contribution in [2.45, 2.75) is 45.1 Å². The molecule has 2 aromatic carbocycles. The van der Waals surface area contributed by atoms with E-state index in [4.69, 9.17) is 20.3 Å². The summed E-state index contributed by atoms with van der Waals surface area (Å²) in [7, 11) is 0. The zero-order chi connectivity index (χ0) is 26.2. The molecule has 3 aromatic rings. The molecule has 5 rings (SSSR count). The van der Waals surface area contributed by atoms with Crippen LogP contribution in [0.2, 0.25) is 0 Å². The number of carbonyl (C=O) groups is 2. The number of fused-ring (bicyclic) bond motifs is 1. The molecule has 2 atom stereocenters. The van der Waals surface area contributed by atoms with E-state index in [2.05, 4.69) is 5.32 Å². The standard InChI is InChI=1S/C28H33N5O4/c1-28(2,3)37-27(35)32-16-14-18(17-32)22-13-15-30-24-23(22)31-33(25(24)26(29)34)19-9-11-21(12-10-19)36-20-7-5-4-6-8-20/h4-12,18,22,30H,13-17H2,1-3H3,(H2,29,34). The van der Waals surface area contributed by atoms with Gasteiger partial charge in [-0.3, -0.25) is 4.79 Å². The number of aromatic nitrogens is 2. The highest BCUT2D eigenvalue weighted by Crippen LogP contribution is 2.42. The normalized spacial score (nSPS) is 19.2. The fourth-order valence-electron chi connectivity index (χ4n) is 5.12. The SMILES string of the molecule is CC(C)(C)OC(=O)N1CCC(C2CCNc3c2nn(-c2ccc(Oc4ccccc4)cc2)c3C(N)=O)C1. The van der Waals surface area contributed by atoms with E-state index in [-0.39, 0.29) is 17.9 Å². The zero-order valence-electron chi connectivity index (χ0n) is 21.4. The lowest BCUT2D eigenvalue weighted by Gasteiger charge is -2.28. The van der Waals surface area contributed by atoms with Crippen molar-refractivity contribution in [3.05, 3.63) is 66.0 Å². The van der Waals surface area contributed by atoms with Crippen molar-refractivity contribution in [1.29, 1.82) is 0 Å². The molecule has 194 valence electrons. The van der Waals surface area contributed by atoms with Gasteiger partial charge in [-0.25, -0.2) is 9.48 Å². The summed E-state index contributed by atoms with van der Waals surface area (Å²) < 4.78 is 13.1. The van der Waals surface area contributed by atoms with Gasteiger partial charge in [-0.2, -0.15) is 5.10 Å². The van der Waals surface area contributed by atoms with E-state index in [1.807, 2.05) is 75.4 Å². The van der Waals surface area contributed by atoms with E-state index in [1.54, 1.807) is 9.58 Å². The van der Waals surface area contributed by atoms with Crippen molar-refractivity contribution in [2.24, 2.45) is 11.7 Å². The van der Waals surface area contributed by atoms with Gasteiger partial charge in [0.25, 0.3) is 5.91 Å². The molecule has 3 heterocycles. The molecule has 2 aliphatic rings. The number of amides is 2. The molecule has 9 nitrogen and oxygen atoms in total. The minimum atomic E-state index is -0.548. The number of nitrogens with zero attached hydrogens (tertiary/aromatic N) is 3. The molecule has 37 heavy (non-hydrogen) atoms. The highest BCUT2D eigenvalue weighted by atomic mass is 16.6. The monoisotopic (exact) mass is 503 g/mol. The van der Waals surface area contributed by atoms with Crippen LogP contribution in [0.3, 0.4) is 0 Å². The number of hydrogen-bond acceptors (Lipinski definition) is 6. The Bertz CT molecular complexity index is 1280. The highest BCUT2D eigenvalue weighted by molar-refractivity contribution is 5.98. The van der Waals surface area contributed by atoms with Gasteiger partial charge in [-0.15, -0.1) is 0 Å². The highest BCUT2D eigenvalue weighted by Gasteiger charge is 2.39. The summed E-state index contributed by atoms with van der Waals surface area (Å²) in [4.78, 5) is 26.9. The maximum absolute atomic E-state index is 12.6. The van der Waals surface area contributed by atoms with Crippen molar-refractivity contribution in [2.75, 3.05) is 25.0 Å². The summed E-state index contributed by atoms with van der Waals surface area (Å²) in [5.74, 6) is 1.19. The third kappa shape index (κ3) is 5.26. The van der Waals surface area contributed by atoms with Crippen LogP contribution in [0.15, 0.2) is 54.6 Å². The molecule has 9 heteroatoms. The number of ether oxygens (including phenoxy) is 2. The Balaban J connectivity index is 1.39. The van der Waals surface area contributed by atoms with Gasteiger partial charge in [-0.1, -0.05) is 18.2 Å². The number of carbonyl (C=O) groups excluding carboxylic acids is 2. The number of para-hydroxylation sites is 1. The number of anilines is 1. The van der Waals surface area contributed by atoms with Crippen LogP contribution in [-0.4, -0.2) is 51.9 Å².